The highest BCUT2D eigenvalue weighted by Crippen LogP contribution is 2.32. The molecule has 0 unspecified atom stereocenters. The number of esters is 1. The summed E-state index contributed by atoms with van der Waals surface area (Å²) in [5.41, 5.74) is 0. The Bertz CT molecular complexity index is 471. The van der Waals surface area contributed by atoms with E-state index >= 15 is 0 Å². The van der Waals surface area contributed by atoms with Crippen LogP contribution in [0.4, 0.5) is 5.82 Å². The average Bonchev–Trinajstić information content (AvgIpc) is 2.32. The Morgan fingerprint density at radius 2 is 2.25 bits per heavy atom. The molecule has 9 heteroatoms. The minimum absolute atomic E-state index is 0.242. The van der Waals surface area contributed by atoms with Gasteiger partial charge in [0, 0.05) is 16.8 Å². The second-order valence-electron chi connectivity index (χ2n) is 3.93. The molecule has 0 atom stereocenters. The highest BCUT2D eigenvalue weighted by atomic mass is 35.5. The van der Waals surface area contributed by atoms with Gasteiger partial charge in [-0.1, -0.05) is 16.8 Å². The fraction of sp³-hybridized carbons (Fsp3) is 0.455. The zero-order valence-electron chi connectivity index (χ0n) is 11.1. The van der Waals surface area contributed by atoms with Crippen LogP contribution in [0.25, 0.3) is 0 Å². The van der Waals surface area contributed by atoms with Gasteiger partial charge >= 0.3 is 5.97 Å². The van der Waals surface area contributed by atoms with Crippen LogP contribution in [0.5, 0.6) is 0 Å². The molecule has 0 aliphatic rings. The number of thioether (sulfide) groups is 1. The molecular weight excluding hydrogens is 292 g/mol. The lowest BCUT2D eigenvalue weighted by molar-refractivity contribution is -0.142. The SMILES string of the molecule is [B]C([B])([B])Nc1nccc(SCCC(=O)OCC)c1Cl. The molecule has 1 rings (SSSR count). The first-order chi connectivity index (χ1) is 9.33. The smallest absolute Gasteiger partial charge is 0.306 e. The molecule has 6 radical (unpaired) electrons. The van der Waals surface area contributed by atoms with Crippen molar-refractivity contribution in [3.8, 4) is 0 Å². The van der Waals surface area contributed by atoms with E-state index < -0.39 is 5.24 Å². The van der Waals surface area contributed by atoms with Gasteiger partial charge in [0.15, 0.2) is 0 Å². The van der Waals surface area contributed by atoms with Crippen molar-refractivity contribution in [2.75, 3.05) is 17.7 Å². The number of ether oxygens (including phenoxy) is 1. The topological polar surface area (TPSA) is 51.2 Å². The maximum absolute atomic E-state index is 11.2. The Balaban J connectivity index is 2.63. The largest absolute Gasteiger partial charge is 0.466 e. The van der Waals surface area contributed by atoms with Gasteiger partial charge in [0.2, 0.25) is 0 Å². The minimum Gasteiger partial charge on any atom is -0.466 e. The molecule has 1 aromatic rings. The van der Waals surface area contributed by atoms with Gasteiger partial charge in [-0.05, 0) is 13.0 Å². The number of aromatic nitrogens is 1. The van der Waals surface area contributed by atoms with Crippen LogP contribution in [0.2, 0.25) is 5.02 Å². The van der Waals surface area contributed by atoms with Crippen LogP contribution in [-0.4, -0.2) is 52.1 Å². The molecule has 0 spiro atoms. The molecule has 0 fully saturated rings. The summed E-state index contributed by atoms with van der Waals surface area (Å²) in [5, 5.41) is 1.34. The summed E-state index contributed by atoms with van der Waals surface area (Å²) in [4.78, 5) is 16.0. The molecule has 0 saturated carbocycles. The molecule has 0 aromatic carbocycles. The zero-order valence-corrected chi connectivity index (χ0v) is 12.6. The molecule has 100 valence electrons. The number of rotatable bonds is 7. The third-order valence-electron chi connectivity index (χ3n) is 2.06. The van der Waals surface area contributed by atoms with Gasteiger partial charge in [0.05, 0.1) is 41.6 Å². The van der Waals surface area contributed by atoms with E-state index in [0.717, 1.165) is 4.90 Å². The third-order valence-corrected chi connectivity index (χ3v) is 3.61. The molecule has 20 heavy (non-hydrogen) atoms. The minimum atomic E-state index is -1.61. The number of pyridine rings is 1. The molecule has 0 amide bonds. The van der Waals surface area contributed by atoms with Crippen molar-refractivity contribution < 1.29 is 9.53 Å². The lowest BCUT2D eigenvalue weighted by Crippen LogP contribution is -2.40. The van der Waals surface area contributed by atoms with Crippen LogP contribution in [-0.2, 0) is 9.53 Å². The monoisotopic (exact) mass is 304 g/mol. The summed E-state index contributed by atoms with van der Waals surface area (Å²) in [5.74, 6) is 0.592. The Morgan fingerprint density at radius 1 is 1.55 bits per heavy atom. The number of halogens is 1. The quantitative estimate of drug-likeness (QED) is 0.468. The third kappa shape index (κ3) is 6.14. The first kappa shape index (κ1) is 17.3. The second-order valence-corrected chi connectivity index (χ2v) is 5.45. The van der Waals surface area contributed by atoms with E-state index in [4.69, 9.17) is 39.9 Å². The summed E-state index contributed by atoms with van der Waals surface area (Å²) in [6.07, 6.45) is 1.85. The molecule has 0 aliphatic heterocycles. The van der Waals surface area contributed by atoms with E-state index in [1.54, 1.807) is 19.2 Å². The van der Waals surface area contributed by atoms with Gasteiger partial charge in [0.25, 0.3) is 0 Å². The maximum atomic E-state index is 11.2. The molecule has 0 aliphatic carbocycles. The molecule has 0 saturated heterocycles. The van der Waals surface area contributed by atoms with E-state index in [9.17, 15) is 4.79 Å². The highest BCUT2D eigenvalue weighted by Gasteiger charge is 2.14. The van der Waals surface area contributed by atoms with Crippen LogP contribution in [0.1, 0.15) is 13.3 Å². The van der Waals surface area contributed by atoms with Gasteiger partial charge in [-0.2, -0.15) is 0 Å². The first-order valence-corrected chi connectivity index (χ1v) is 7.27. The molecule has 4 nitrogen and oxygen atoms in total. The molecule has 0 bridgehead atoms. The van der Waals surface area contributed by atoms with Crippen LogP contribution >= 0.6 is 23.4 Å². The van der Waals surface area contributed by atoms with Crippen LogP contribution in [0.15, 0.2) is 17.2 Å². The standard InChI is InChI=1S/C11H12B3ClN2O2S/c1-2-19-8(18)4-6-20-7-3-5-16-10(9(7)15)17-11(12,13)14/h3,5H,2,4,6H2,1H3,(H,16,17). The van der Waals surface area contributed by atoms with Crippen molar-refractivity contribution in [2.24, 2.45) is 0 Å². The van der Waals surface area contributed by atoms with E-state index in [1.807, 2.05) is 0 Å². The van der Waals surface area contributed by atoms with Crippen LogP contribution in [0.3, 0.4) is 0 Å². The Kier molecular flexibility index (Phi) is 6.82. The summed E-state index contributed by atoms with van der Waals surface area (Å²) in [7, 11) is 16.3. The summed E-state index contributed by atoms with van der Waals surface area (Å²) in [6, 6.07) is 1.73. The summed E-state index contributed by atoms with van der Waals surface area (Å²) in [6.45, 7) is 2.14. The van der Waals surface area contributed by atoms with E-state index in [1.165, 1.54) is 11.8 Å². The van der Waals surface area contributed by atoms with Crippen LogP contribution < -0.4 is 5.32 Å². The maximum Gasteiger partial charge on any atom is 0.306 e. The molecular formula is C11H12B3ClN2O2S. The number of hydrogen-bond donors (Lipinski definition) is 1. The van der Waals surface area contributed by atoms with Crippen LogP contribution in [0, 0.1) is 0 Å². The predicted molar refractivity (Wildman–Crippen MR) is 84.8 cm³/mol. The van der Waals surface area contributed by atoms with Gasteiger partial charge in [-0.15, -0.1) is 11.8 Å². The lowest BCUT2D eigenvalue weighted by atomic mass is 9.49. The van der Waals surface area contributed by atoms with Crippen molar-refractivity contribution in [1.29, 1.82) is 0 Å². The van der Waals surface area contributed by atoms with E-state index in [0.29, 0.717) is 29.6 Å². The number of anilines is 1. The van der Waals surface area contributed by atoms with Crippen molar-refractivity contribution >= 4 is 58.7 Å². The van der Waals surface area contributed by atoms with Gasteiger partial charge in [-0.25, -0.2) is 4.98 Å². The van der Waals surface area contributed by atoms with Crippen molar-refractivity contribution in [3.05, 3.63) is 17.3 Å². The zero-order chi connectivity index (χ0) is 15.2. The Morgan fingerprint density at radius 3 is 2.85 bits per heavy atom. The normalized spacial score (nSPS) is 11.1. The van der Waals surface area contributed by atoms with Crippen molar-refractivity contribution in [3.63, 3.8) is 0 Å². The fourth-order valence-corrected chi connectivity index (χ4v) is 2.50. The number of carbonyl (C=O) groups excluding carboxylic acids is 1. The number of carbonyl (C=O) groups is 1. The first-order valence-electron chi connectivity index (χ1n) is 5.91. The predicted octanol–water partition coefficient (Wildman–Crippen LogP) is 1.31. The second kappa shape index (κ2) is 7.88. The molecule has 1 N–H and O–H groups in total. The molecule has 1 heterocycles. The average molecular weight is 304 g/mol. The fourth-order valence-electron chi connectivity index (χ4n) is 1.31. The van der Waals surface area contributed by atoms with Gasteiger partial charge in [-0.3, -0.25) is 4.79 Å². The highest BCUT2D eigenvalue weighted by molar-refractivity contribution is 7.99. The number of nitrogens with one attached hydrogen (secondary N) is 1. The van der Waals surface area contributed by atoms with Crippen molar-refractivity contribution in [2.45, 2.75) is 23.5 Å². The van der Waals surface area contributed by atoms with E-state index in [2.05, 4.69) is 10.3 Å². The summed E-state index contributed by atoms with van der Waals surface area (Å²) >= 11 is 7.57. The number of hydrogen-bond acceptors (Lipinski definition) is 5. The molecule has 1 aromatic heterocycles. The Hall–Kier alpha value is -0.745. The van der Waals surface area contributed by atoms with Crippen molar-refractivity contribution in [1.82, 2.24) is 4.98 Å². The van der Waals surface area contributed by atoms with Gasteiger partial charge < -0.3 is 10.1 Å². The Labute approximate surface area is 132 Å². The summed E-state index contributed by atoms with van der Waals surface area (Å²) < 4.78 is 4.84. The van der Waals surface area contributed by atoms with Gasteiger partial charge in [0.1, 0.15) is 5.82 Å². The van der Waals surface area contributed by atoms with E-state index in [-0.39, 0.29) is 5.97 Å². The lowest BCUT2D eigenvalue weighted by Gasteiger charge is -2.24. The number of nitrogens with zero attached hydrogens (tertiary/aromatic N) is 1.